The second-order valence-electron chi connectivity index (χ2n) is 4.53. The normalized spacial score (nSPS) is 11.9. The zero-order chi connectivity index (χ0) is 14.4. The van der Waals surface area contributed by atoms with Gasteiger partial charge in [-0.3, -0.25) is 9.78 Å². The molecular weight excluding hydrogens is 254 g/mol. The Morgan fingerprint density at radius 2 is 2.25 bits per heavy atom. The molecule has 1 atom stereocenters. The smallest absolute Gasteiger partial charge is 0.270 e. The van der Waals surface area contributed by atoms with Crippen LogP contribution in [0.4, 0.5) is 5.69 Å². The Hall–Kier alpha value is -2.37. The molecule has 0 saturated heterocycles. The Kier molecular flexibility index (Phi) is 4.70. The van der Waals surface area contributed by atoms with E-state index in [-0.39, 0.29) is 11.9 Å². The minimum Gasteiger partial charge on any atom is -0.385 e. The summed E-state index contributed by atoms with van der Waals surface area (Å²) in [6, 6.07) is 3.41. The molecule has 0 spiro atoms. The molecule has 6 heteroatoms. The molecule has 2 aromatic rings. The van der Waals surface area contributed by atoms with Gasteiger partial charge in [-0.2, -0.15) is 0 Å². The topological polar surface area (TPSA) is 82.7 Å². The fourth-order valence-electron chi connectivity index (χ4n) is 1.79. The highest BCUT2D eigenvalue weighted by Crippen LogP contribution is 2.10. The number of pyridine rings is 1. The lowest BCUT2D eigenvalue weighted by molar-refractivity contribution is 0.0933. The van der Waals surface area contributed by atoms with Crippen molar-refractivity contribution in [2.45, 2.75) is 26.3 Å². The number of carbonyl (C=O) groups is 1. The third-order valence-corrected chi connectivity index (χ3v) is 2.85. The molecule has 0 saturated carbocycles. The molecule has 2 rings (SSSR count). The summed E-state index contributed by atoms with van der Waals surface area (Å²) in [6.07, 6.45) is 6.04. The van der Waals surface area contributed by atoms with Crippen molar-refractivity contribution in [3.8, 4) is 0 Å². The number of nitrogens with one attached hydrogen (secondary N) is 3. The first-order chi connectivity index (χ1) is 9.70. The van der Waals surface area contributed by atoms with E-state index in [1.165, 1.54) is 0 Å². The first-order valence-electron chi connectivity index (χ1n) is 6.70. The van der Waals surface area contributed by atoms with Crippen molar-refractivity contribution in [3.63, 3.8) is 0 Å². The number of anilines is 1. The number of carbonyl (C=O) groups excluding carboxylic acids is 1. The van der Waals surface area contributed by atoms with Crippen LogP contribution in [0.5, 0.6) is 0 Å². The van der Waals surface area contributed by atoms with E-state index in [2.05, 4.69) is 32.5 Å². The van der Waals surface area contributed by atoms with Crippen LogP contribution < -0.4 is 10.6 Å². The van der Waals surface area contributed by atoms with E-state index in [9.17, 15) is 4.79 Å². The van der Waals surface area contributed by atoms with Gasteiger partial charge in [0.2, 0.25) is 0 Å². The van der Waals surface area contributed by atoms with Gasteiger partial charge in [0.05, 0.1) is 6.04 Å². The Balaban J connectivity index is 2.01. The molecule has 1 amide bonds. The first-order valence-corrected chi connectivity index (χ1v) is 6.70. The van der Waals surface area contributed by atoms with Crippen LogP contribution in [-0.2, 0) is 0 Å². The summed E-state index contributed by atoms with van der Waals surface area (Å²) >= 11 is 0. The lowest BCUT2D eigenvalue weighted by atomic mass is 10.2. The number of imidazole rings is 1. The van der Waals surface area contributed by atoms with Gasteiger partial charge in [-0.05, 0) is 25.5 Å². The summed E-state index contributed by atoms with van der Waals surface area (Å²) in [6.45, 7) is 4.83. The van der Waals surface area contributed by atoms with Crippen LogP contribution in [0.1, 0.15) is 42.6 Å². The van der Waals surface area contributed by atoms with Crippen molar-refractivity contribution in [1.82, 2.24) is 20.3 Å². The van der Waals surface area contributed by atoms with Gasteiger partial charge in [0.1, 0.15) is 11.5 Å². The molecule has 20 heavy (non-hydrogen) atoms. The van der Waals surface area contributed by atoms with Crippen molar-refractivity contribution in [2.75, 3.05) is 11.9 Å². The molecule has 2 heterocycles. The molecule has 2 aromatic heterocycles. The maximum Gasteiger partial charge on any atom is 0.270 e. The van der Waals surface area contributed by atoms with Crippen molar-refractivity contribution in [3.05, 3.63) is 42.2 Å². The van der Waals surface area contributed by atoms with E-state index in [0.29, 0.717) is 5.69 Å². The van der Waals surface area contributed by atoms with E-state index < -0.39 is 0 Å². The van der Waals surface area contributed by atoms with Gasteiger partial charge in [0, 0.05) is 30.8 Å². The summed E-state index contributed by atoms with van der Waals surface area (Å²) < 4.78 is 0. The number of aromatic amines is 1. The summed E-state index contributed by atoms with van der Waals surface area (Å²) in [5.74, 6) is 0.507. The molecule has 0 fully saturated rings. The number of rotatable bonds is 6. The zero-order valence-electron chi connectivity index (χ0n) is 11.7. The van der Waals surface area contributed by atoms with Gasteiger partial charge in [-0.1, -0.05) is 6.92 Å². The molecule has 0 bridgehead atoms. The predicted octanol–water partition coefficient (Wildman–Crippen LogP) is 2.12. The van der Waals surface area contributed by atoms with Gasteiger partial charge in [-0.25, -0.2) is 4.98 Å². The average molecular weight is 273 g/mol. The Labute approximate surface area is 118 Å². The van der Waals surface area contributed by atoms with E-state index in [1.54, 1.807) is 24.7 Å². The van der Waals surface area contributed by atoms with Gasteiger partial charge in [-0.15, -0.1) is 0 Å². The average Bonchev–Trinajstić information content (AvgIpc) is 2.99. The van der Waals surface area contributed by atoms with Crippen molar-refractivity contribution in [2.24, 2.45) is 0 Å². The third-order valence-electron chi connectivity index (χ3n) is 2.85. The van der Waals surface area contributed by atoms with Crippen LogP contribution in [0.15, 0.2) is 30.7 Å². The number of hydrogen-bond donors (Lipinski definition) is 3. The van der Waals surface area contributed by atoms with Gasteiger partial charge in [0.25, 0.3) is 5.91 Å². The van der Waals surface area contributed by atoms with Crippen LogP contribution in [0.2, 0.25) is 0 Å². The molecule has 0 aliphatic rings. The predicted molar refractivity (Wildman–Crippen MR) is 77.5 cm³/mol. The number of H-pyrrole nitrogens is 1. The number of nitrogens with zero attached hydrogens (tertiary/aromatic N) is 2. The first kappa shape index (κ1) is 14.0. The fourth-order valence-corrected chi connectivity index (χ4v) is 1.79. The van der Waals surface area contributed by atoms with Gasteiger partial charge in [0.15, 0.2) is 0 Å². The maximum atomic E-state index is 12.1. The number of aromatic nitrogens is 3. The van der Waals surface area contributed by atoms with E-state index in [1.807, 2.05) is 13.0 Å². The van der Waals surface area contributed by atoms with Crippen LogP contribution in [-0.4, -0.2) is 27.4 Å². The third kappa shape index (κ3) is 3.57. The molecule has 3 N–H and O–H groups in total. The molecule has 0 aliphatic carbocycles. The Morgan fingerprint density at radius 1 is 1.40 bits per heavy atom. The highest BCUT2D eigenvalue weighted by atomic mass is 16.1. The van der Waals surface area contributed by atoms with E-state index in [0.717, 1.165) is 24.5 Å². The van der Waals surface area contributed by atoms with Crippen molar-refractivity contribution < 1.29 is 4.79 Å². The SMILES string of the molecule is CCCNc1ccnc(C(=O)NC(C)c2ncc[nH]2)c1. The van der Waals surface area contributed by atoms with Gasteiger partial charge >= 0.3 is 0 Å². The largest absolute Gasteiger partial charge is 0.385 e. The summed E-state index contributed by atoms with van der Waals surface area (Å²) in [7, 11) is 0. The highest BCUT2D eigenvalue weighted by Gasteiger charge is 2.14. The molecule has 6 nitrogen and oxygen atoms in total. The van der Waals surface area contributed by atoms with Crippen molar-refractivity contribution >= 4 is 11.6 Å². The van der Waals surface area contributed by atoms with Gasteiger partial charge < -0.3 is 15.6 Å². The summed E-state index contributed by atoms with van der Waals surface area (Å²) in [5, 5.41) is 6.09. The number of hydrogen-bond acceptors (Lipinski definition) is 4. The fraction of sp³-hybridized carbons (Fsp3) is 0.357. The molecule has 1 unspecified atom stereocenters. The Bertz CT molecular complexity index is 552. The minimum atomic E-state index is -0.214. The number of amides is 1. The molecule has 0 aliphatic heterocycles. The highest BCUT2D eigenvalue weighted by molar-refractivity contribution is 5.93. The zero-order valence-corrected chi connectivity index (χ0v) is 11.7. The van der Waals surface area contributed by atoms with E-state index in [4.69, 9.17) is 0 Å². The quantitative estimate of drug-likeness (QED) is 0.753. The summed E-state index contributed by atoms with van der Waals surface area (Å²) in [5.41, 5.74) is 1.29. The van der Waals surface area contributed by atoms with Crippen LogP contribution in [0, 0.1) is 0 Å². The van der Waals surface area contributed by atoms with E-state index >= 15 is 0 Å². The standard InChI is InChI=1S/C14H19N5O/c1-3-5-15-11-4-6-16-12(9-11)14(20)19-10(2)13-17-7-8-18-13/h4,6-10H,3,5H2,1-2H3,(H,15,16)(H,17,18)(H,19,20). The second-order valence-corrected chi connectivity index (χ2v) is 4.53. The molecule has 106 valence electrons. The van der Waals surface area contributed by atoms with Crippen LogP contribution in [0.25, 0.3) is 0 Å². The van der Waals surface area contributed by atoms with Crippen LogP contribution >= 0.6 is 0 Å². The second kappa shape index (κ2) is 6.70. The maximum absolute atomic E-state index is 12.1. The summed E-state index contributed by atoms with van der Waals surface area (Å²) in [4.78, 5) is 23.3. The van der Waals surface area contributed by atoms with Crippen molar-refractivity contribution in [1.29, 1.82) is 0 Å². The molecule has 0 aromatic carbocycles. The van der Waals surface area contributed by atoms with Crippen LogP contribution in [0.3, 0.4) is 0 Å². The monoisotopic (exact) mass is 273 g/mol. The molecular formula is C14H19N5O. The Morgan fingerprint density at radius 3 is 2.95 bits per heavy atom. The minimum absolute atomic E-state index is 0.188. The lowest BCUT2D eigenvalue weighted by Crippen LogP contribution is -2.28. The lowest BCUT2D eigenvalue weighted by Gasteiger charge is -2.12. The molecule has 0 radical (unpaired) electrons.